The Morgan fingerprint density at radius 1 is 0.411 bits per heavy atom. The van der Waals surface area contributed by atoms with Gasteiger partial charge >= 0.3 is 11.9 Å². The Morgan fingerprint density at radius 2 is 0.804 bits per heavy atom. The molecule has 0 radical (unpaired) electrons. The zero-order valence-electron chi connectivity index (χ0n) is 36.6. The molecule has 5 nitrogen and oxygen atoms in total. The maximum Gasteiger partial charge on any atom is 0.306 e. The van der Waals surface area contributed by atoms with Crippen LogP contribution in [0, 0.1) is 0 Å². The van der Waals surface area contributed by atoms with Gasteiger partial charge in [0.15, 0.2) is 6.10 Å². The first kappa shape index (κ1) is 53.1. The third kappa shape index (κ3) is 43.8. The molecule has 0 aliphatic carbocycles. The van der Waals surface area contributed by atoms with Crippen LogP contribution in [-0.4, -0.2) is 37.9 Å². The highest BCUT2D eigenvalue weighted by Crippen LogP contribution is 2.12. The number of hydrogen-bond donors (Lipinski definition) is 0. The number of unbranched alkanes of at least 4 members (excludes halogenated alkanes) is 16. The zero-order chi connectivity index (χ0) is 40.7. The van der Waals surface area contributed by atoms with E-state index >= 15 is 0 Å². The molecule has 0 saturated carbocycles. The Hall–Kier alpha value is -2.92. The van der Waals surface area contributed by atoms with Crippen LogP contribution >= 0.6 is 0 Å². The van der Waals surface area contributed by atoms with Crippen molar-refractivity contribution in [2.75, 3.05) is 19.8 Å². The number of allylic oxidation sites excluding steroid dienone is 14. The van der Waals surface area contributed by atoms with Crippen LogP contribution in [-0.2, 0) is 23.8 Å². The Labute approximate surface area is 346 Å². The van der Waals surface area contributed by atoms with Crippen molar-refractivity contribution in [2.24, 2.45) is 0 Å². The van der Waals surface area contributed by atoms with E-state index in [9.17, 15) is 9.59 Å². The second kappa shape index (κ2) is 46.5. The number of hydrogen-bond acceptors (Lipinski definition) is 5. The highest BCUT2D eigenvalue weighted by Gasteiger charge is 2.17. The van der Waals surface area contributed by atoms with Gasteiger partial charge in [0.1, 0.15) is 6.61 Å². The van der Waals surface area contributed by atoms with Crippen LogP contribution in [0.4, 0.5) is 0 Å². The molecule has 56 heavy (non-hydrogen) atoms. The Morgan fingerprint density at radius 3 is 1.30 bits per heavy atom. The molecule has 0 aliphatic heterocycles. The molecule has 0 fully saturated rings. The molecule has 0 aromatic heterocycles. The molecule has 1 unspecified atom stereocenters. The lowest BCUT2D eigenvalue weighted by atomic mass is 10.1. The van der Waals surface area contributed by atoms with E-state index in [2.05, 4.69) is 106 Å². The Balaban J connectivity index is 4.38. The van der Waals surface area contributed by atoms with Gasteiger partial charge in [0, 0.05) is 19.4 Å². The minimum atomic E-state index is -0.568. The maximum absolute atomic E-state index is 12.7. The van der Waals surface area contributed by atoms with E-state index < -0.39 is 6.10 Å². The molecule has 0 saturated heterocycles. The van der Waals surface area contributed by atoms with Crippen LogP contribution in [0.1, 0.15) is 201 Å². The molecule has 0 spiro atoms. The maximum atomic E-state index is 12.7. The highest BCUT2D eigenvalue weighted by atomic mass is 16.6. The van der Waals surface area contributed by atoms with E-state index in [1.807, 2.05) is 0 Å². The minimum Gasteiger partial charge on any atom is -0.462 e. The van der Waals surface area contributed by atoms with E-state index in [4.69, 9.17) is 14.2 Å². The molecule has 0 amide bonds. The first-order chi connectivity index (χ1) is 27.6. The number of rotatable bonds is 41. The monoisotopic (exact) mass is 779 g/mol. The SMILES string of the molecule is CC/C=C\C/C=C\C/C=C\CCCCCC(=O)OCC(COCCCCCCCC/C=C\CCCCCC)OC(=O)CCCCC/C=C\C/C=C\C/C=C\CC. The molecule has 0 rings (SSSR count). The third-order valence-corrected chi connectivity index (χ3v) is 9.40. The third-order valence-electron chi connectivity index (χ3n) is 9.40. The molecule has 5 heteroatoms. The molecule has 0 aliphatic rings. The fraction of sp³-hybridized carbons (Fsp3) is 0.686. The summed E-state index contributed by atoms with van der Waals surface area (Å²) < 4.78 is 17.3. The molecule has 320 valence electrons. The largest absolute Gasteiger partial charge is 0.462 e. The second-order valence-corrected chi connectivity index (χ2v) is 14.9. The van der Waals surface area contributed by atoms with E-state index in [0.717, 1.165) is 103 Å². The quantitative estimate of drug-likeness (QED) is 0.0351. The topological polar surface area (TPSA) is 61.8 Å². The average molecular weight is 779 g/mol. The highest BCUT2D eigenvalue weighted by molar-refractivity contribution is 5.70. The lowest BCUT2D eigenvalue weighted by molar-refractivity contribution is -0.163. The van der Waals surface area contributed by atoms with Crippen molar-refractivity contribution in [3.8, 4) is 0 Å². The van der Waals surface area contributed by atoms with Crippen LogP contribution in [0.3, 0.4) is 0 Å². The second-order valence-electron chi connectivity index (χ2n) is 14.9. The number of carbonyl (C=O) groups excluding carboxylic acids is 2. The molecule has 0 aromatic carbocycles. The molecular weight excluding hydrogens is 693 g/mol. The van der Waals surface area contributed by atoms with Crippen molar-refractivity contribution in [3.05, 3.63) is 85.1 Å². The molecule has 0 heterocycles. The smallest absolute Gasteiger partial charge is 0.306 e. The molecular formula is C51H86O5. The predicted molar refractivity (Wildman–Crippen MR) is 242 cm³/mol. The van der Waals surface area contributed by atoms with Crippen molar-refractivity contribution >= 4 is 11.9 Å². The van der Waals surface area contributed by atoms with Gasteiger partial charge in [0.05, 0.1) is 6.61 Å². The molecule has 1 atom stereocenters. The number of ether oxygens (including phenoxy) is 3. The normalized spacial score (nSPS) is 13.0. The fourth-order valence-electron chi connectivity index (χ4n) is 6.00. The van der Waals surface area contributed by atoms with Gasteiger partial charge in [-0.05, 0) is 109 Å². The fourth-order valence-corrected chi connectivity index (χ4v) is 6.00. The van der Waals surface area contributed by atoms with Crippen LogP contribution in [0.5, 0.6) is 0 Å². The summed E-state index contributed by atoms with van der Waals surface area (Å²) >= 11 is 0. The van der Waals surface area contributed by atoms with Gasteiger partial charge in [-0.15, -0.1) is 0 Å². The summed E-state index contributed by atoms with van der Waals surface area (Å²) in [5, 5.41) is 0. The van der Waals surface area contributed by atoms with Gasteiger partial charge in [-0.2, -0.15) is 0 Å². The lowest BCUT2D eigenvalue weighted by Gasteiger charge is -2.18. The summed E-state index contributed by atoms with van der Waals surface area (Å²) in [6.07, 6.45) is 60.1. The number of carbonyl (C=O) groups is 2. The standard InChI is InChI=1S/C51H86O5/c1-4-7-10-13-16-19-22-25-28-31-34-37-40-43-46-54-47-49(56-51(53)45-42-39-36-33-30-27-24-21-18-15-12-9-6-3)48-55-50(52)44-41-38-35-32-29-26-23-20-17-14-11-8-5-2/h8-9,11-12,17-22,26-27,29-30,49H,4-7,10,13-16,23-25,28,31-48H2,1-3H3/b11-8-,12-9-,20-17-,21-18-,22-19-,29-26-,30-27-. The summed E-state index contributed by atoms with van der Waals surface area (Å²) in [5.41, 5.74) is 0. The van der Waals surface area contributed by atoms with Crippen LogP contribution < -0.4 is 0 Å². The molecule has 0 aromatic rings. The van der Waals surface area contributed by atoms with Crippen molar-refractivity contribution < 1.29 is 23.8 Å². The van der Waals surface area contributed by atoms with Crippen LogP contribution in [0.2, 0.25) is 0 Å². The van der Waals surface area contributed by atoms with E-state index in [-0.39, 0.29) is 25.2 Å². The van der Waals surface area contributed by atoms with Gasteiger partial charge in [-0.3, -0.25) is 9.59 Å². The summed E-state index contributed by atoms with van der Waals surface area (Å²) in [7, 11) is 0. The first-order valence-electron chi connectivity index (χ1n) is 23.1. The summed E-state index contributed by atoms with van der Waals surface area (Å²) in [5.74, 6) is -0.473. The number of esters is 2. The van der Waals surface area contributed by atoms with Gasteiger partial charge in [0.2, 0.25) is 0 Å². The lowest BCUT2D eigenvalue weighted by Crippen LogP contribution is -2.30. The van der Waals surface area contributed by atoms with Crippen LogP contribution in [0.25, 0.3) is 0 Å². The summed E-state index contributed by atoms with van der Waals surface area (Å²) in [4.78, 5) is 25.2. The van der Waals surface area contributed by atoms with Crippen LogP contribution in [0.15, 0.2) is 85.1 Å². The van der Waals surface area contributed by atoms with Gasteiger partial charge in [-0.25, -0.2) is 0 Å². The Bertz CT molecular complexity index is 1060. The average Bonchev–Trinajstić information content (AvgIpc) is 3.20. The predicted octanol–water partition coefficient (Wildman–Crippen LogP) is 15.3. The van der Waals surface area contributed by atoms with E-state index in [1.165, 1.54) is 64.2 Å². The zero-order valence-corrected chi connectivity index (χ0v) is 36.6. The summed E-state index contributed by atoms with van der Waals surface area (Å²) in [6.45, 7) is 7.50. The van der Waals surface area contributed by atoms with Crippen molar-refractivity contribution in [1.29, 1.82) is 0 Å². The molecule has 0 bridgehead atoms. The van der Waals surface area contributed by atoms with Crippen molar-refractivity contribution in [3.63, 3.8) is 0 Å². The van der Waals surface area contributed by atoms with Gasteiger partial charge in [-0.1, -0.05) is 164 Å². The van der Waals surface area contributed by atoms with E-state index in [0.29, 0.717) is 19.4 Å². The van der Waals surface area contributed by atoms with Gasteiger partial charge < -0.3 is 14.2 Å². The van der Waals surface area contributed by atoms with Gasteiger partial charge in [0.25, 0.3) is 0 Å². The Kier molecular flexibility index (Phi) is 44.0. The van der Waals surface area contributed by atoms with Crippen molar-refractivity contribution in [1.82, 2.24) is 0 Å². The first-order valence-corrected chi connectivity index (χ1v) is 23.1. The van der Waals surface area contributed by atoms with Crippen molar-refractivity contribution in [2.45, 2.75) is 207 Å². The molecule has 0 N–H and O–H groups in total. The van der Waals surface area contributed by atoms with E-state index in [1.54, 1.807) is 0 Å². The minimum absolute atomic E-state index is 0.0520. The summed E-state index contributed by atoms with van der Waals surface area (Å²) in [6, 6.07) is 0.